The van der Waals surface area contributed by atoms with Crippen LogP contribution < -0.4 is 14.2 Å². The van der Waals surface area contributed by atoms with E-state index in [0.29, 0.717) is 13.2 Å². The zero-order valence-corrected chi connectivity index (χ0v) is 22.2. The van der Waals surface area contributed by atoms with E-state index >= 15 is 0 Å². The van der Waals surface area contributed by atoms with Crippen molar-refractivity contribution < 1.29 is 34.3 Å². The summed E-state index contributed by atoms with van der Waals surface area (Å²) in [7, 11) is 0. The molecule has 35 heavy (non-hydrogen) atoms. The summed E-state index contributed by atoms with van der Waals surface area (Å²) in [6.07, 6.45) is 15.4. The van der Waals surface area contributed by atoms with Crippen molar-refractivity contribution in [3.05, 3.63) is 5.56 Å². The van der Waals surface area contributed by atoms with Crippen molar-refractivity contribution in [3.63, 3.8) is 0 Å². The molecule has 0 amide bonds. The van der Waals surface area contributed by atoms with Crippen LogP contribution in [0.4, 0.5) is 0 Å². The maximum Gasteiger partial charge on any atom is 0.343 e. The number of phenols is 2. The first-order valence-electron chi connectivity index (χ1n) is 13.7. The van der Waals surface area contributed by atoms with Crippen molar-refractivity contribution in [2.75, 3.05) is 19.8 Å². The number of unbranched alkanes of at least 4 members (excludes halogenated alkanes) is 12. The maximum absolute atomic E-state index is 12.0. The largest absolute Gasteiger partial charge is 0.503 e. The van der Waals surface area contributed by atoms with Gasteiger partial charge < -0.3 is 29.5 Å². The van der Waals surface area contributed by atoms with Gasteiger partial charge in [0.1, 0.15) is 0 Å². The quantitative estimate of drug-likeness (QED) is 0.111. The summed E-state index contributed by atoms with van der Waals surface area (Å²) in [6.45, 7) is 7.40. The second kappa shape index (κ2) is 18.9. The van der Waals surface area contributed by atoms with Crippen LogP contribution in [0.3, 0.4) is 0 Å². The normalized spacial score (nSPS) is 10.9. The molecular formula is C28H48O7. The van der Waals surface area contributed by atoms with Crippen molar-refractivity contribution in [2.45, 2.75) is 117 Å². The van der Waals surface area contributed by atoms with Gasteiger partial charge in [-0.25, -0.2) is 4.79 Å². The van der Waals surface area contributed by atoms with Gasteiger partial charge in [0.2, 0.25) is 17.2 Å². The molecule has 202 valence electrons. The Hall–Kier alpha value is -2.31. The lowest BCUT2D eigenvalue weighted by atomic mass is 10.1. The highest BCUT2D eigenvalue weighted by Crippen LogP contribution is 2.53. The van der Waals surface area contributed by atoms with Crippen LogP contribution in [0, 0.1) is 0 Å². The number of phenolic OH excluding ortho intramolecular Hbond substituents is 1. The topological polar surface area (TPSA) is 105 Å². The summed E-state index contributed by atoms with van der Waals surface area (Å²) < 4.78 is 17.7. The number of carbonyl (C=O) groups is 1. The van der Waals surface area contributed by atoms with Crippen molar-refractivity contribution in [3.8, 4) is 28.7 Å². The zero-order valence-electron chi connectivity index (χ0n) is 22.2. The highest BCUT2D eigenvalue weighted by atomic mass is 16.5. The predicted molar refractivity (Wildman–Crippen MR) is 139 cm³/mol. The average Bonchev–Trinajstić information content (AvgIpc) is 2.84. The molecule has 1 rings (SSSR count). The smallest absolute Gasteiger partial charge is 0.343 e. The van der Waals surface area contributed by atoms with Crippen molar-refractivity contribution in [2.24, 2.45) is 0 Å². The van der Waals surface area contributed by atoms with Gasteiger partial charge in [-0.3, -0.25) is 0 Å². The third kappa shape index (κ3) is 11.3. The fourth-order valence-corrected chi connectivity index (χ4v) is 3.90. The molecule has 0 aliphatic carbocycles. The molecule has 1 aromatic carbocycles. The number of carboxylic acids is 1. The molecule has 0 aromatic heterocycles. The van der Waals surface area contributed by atoms with Crippen LogP contribution in [-0.2, 0) is 0 Å². The summed E-state index contributed by atoms with van der Waals surface area (Å²) >= 11 is 0. The van der Waals surface area contributed by atoms with E-state index in [1.54, 1.807) is 0 Å². The highest BCUT2D eigenvalue weighted by Gasteiger charge is 2.31. The predicted octanol–water partition coefficient (Wildman–Crippen LogP) is 7.84. The van der Waals surface area contributed by atoms with Crippen LogP contribution in [0.5, 0.6) is 28.7 Å². The first kappa shape index (κ1) is 30.7. The van der Waals surface area contributed by atoms with E-state index in [1.165, 1.54) is 0 Å². The molecule has 0 bridgehead atoms. The highest BCUT2D eigenvalue weighted by molar-refractivity contribution is 5.97. The molecule has 0 fully saturated rings. The number of carboxylic acid groups (broad SMARTS) is 1. The van der Waals surface area contributed by atoms with Gasteiger partial charge in [0.05, 0.1) is 19.8 Å². The Bertz CT molecular complexity index is 718. The molecule has 0 spiro atoms. The summed E-state index contributed by atoms with van der Waals surface area (Å²) in [5.41, 5.74) is -0.493. The molecule has 0 unspecified atom stereocenters. The minimum absolute atomic E-state index is 0.0440. The molecule has 0 saturated heterocycles. The van der Waals surface area contributed by atoms with Crippen LogP contribution in [0.1, 0.15) is 127 Å². The second-order valence-electron chi connectivity index (χ2n) is 9.15. The fraction of sp³-hybridized carbons (Fsp3) is 0.750. The monoisotopic (exact) mass is 496 g/mol. The molecule has 0 heterocycles. The zero-order chi connectivity index (χ0) is 25.9. The minimum Gasteiger partial charge on any atom is -0.503 e. The number of ether oxygens (including phenoxy) is 3. The Morgan fingerprint density at radius 2 is 0.914 bits per heavy atom. The van der Waals surface area contributed by atoms with Gasteiger partial charge in [-0.05, 0) is 19.3 Å². The number of rotatable bonds is 22. The van der Waals surface area contributed by atoms with Crippen LogP contribution in [-0.4, -0.2) is 41.1 Å². The number of aromatic carboxylic acids is 1. The van der Waals surface area contributed by atoms with Gasteiger partial charge in [0, 0.05) is 0 Å². The maximum atomic E-state index is 12.0. The number of hydrogen-bond acceptors (Lipinski definition) is 6. The van der Waals surface area contributed by atoms with Gasteiger partial charge in [-0.2, -0.15) is 0 Å². The summed E-state index contributed by atoms with van der Waals surface area (Å²) in [4.78, 5) is 12.0. The Balaban J connectivity index is 3.10. The van der Waals surface area contributed by atoms with Crippen LogP contribution >= 0.6 is 0 Å². The van der Waals surface area contributed by atoms with Crippen LogP contribution in [0.25, 0.3) is 0 Å². The van der Waals surface area contributed by atoms with E-state index in [4.69, 9.17) is 14.2 Å². The molecule has 1 aromatic rings. The van der Waals surface area contributed by atoms with Crippen LogP contribution in [0.2, 0.25) is 0 Å². The summed E-state index contributed by atoms with van der Waals surface area (Å²) in [5.74, 6) is -2.81. The van der Waals surface area contributed by atoms with Gasteiger partial charge in [-0.15, -0.1) is 0 Å². The van der Waals surface area contributed by atoms with E-state index in [-0.39, 0.29) is 23.9 Å². The standard InChI is InChI=1S/C28H48O7/c1-4-7-10-13-16-19-33-25-22(28(31)32)23(29)24(30)26(34-20-17-14-11-8-5-2)27(25)35-21-18-15-12-9-6-3/h29-30H,4-21H2,1-3H3,(H,31,32). The van der Waals surface area contributed by atoms with Crippen molar-refractivity contribution in [1.82, 2.24) is 0 Å². The number of aromatic hydroxyl groups is 2. The average molecular weight is 497 g/mol. The third-order valence-electron chi connectivity index (χ3n) is 6.01. The summed E-state index contributed by atoms with van der Waals surface area (Å²) in [6, 6.07) is 0. The molecule has 0 aliphatic rings. The lowest BCUT2D eigenvalue weighted by Crippen LogP contribution is -2.11. The number of benzene rings is 1. The fourth-order valence-electron chi connectivity index (χ4n) is 3.90. The molecule has 0 saturated carbocycles. The Labute approximate surface area is 211 Å². The first-order chi connectivity index (χ1) is 17.0. The summed E-state index contributed by atoms with van der Waals surface area (Å²) in [5, 5.41) is 30.9. The second-order valence-corrected chi connectivity index (χ2v) is 9.15. The molecule has 0 aliphatic heterocycles. The molecule has 7 nitrogen and oxygen atoms in total. The van der Waals surface area contributed by atoms with Crippen molar-refractivity contribution in [1.29, 1.82) is 0 Å². The van der Waals surface area contributed by atoms with Gasteiger partial charge >= 0.3 is 5.97 Å². The van der Waals surface area contributed by atoms with E-state index in [1.807, 2.05) is 0 Å². The van der Waals surface area contributed by atoms with Crippen LogP contribution in [0.15, 0.2) is 0 Å². The van der Waals surface area contributed by atoms with Gasteiger partial charge in [0.15, 0.2) is 17.1 Å². The van der Waals surface area contributed by atoms with E-state index in [0.717, 1.165) is 96.3 Å². The van der Waals surface area contributed by atoms with Crippen molar-refractivity contribution >= 4 is 5.97 Å². The Morgan fingerprint density at radius 1 is 0.543 bits per heavy atom. The molecular weight excluding hydrogens is 448 g/mol. The number of hydrogen-bond donors (Lipinski definition) is 3. The van der Waals surface area contributed by atoms with Gasteiger partial charge in [0.25, 0.3) is 0 Å². The molecule has 7 heteroatoms. The molecule has 0 atom stereocenters. The first-order valence-corrected chi connectivity index (χ1v) is 13.7. The van der Waals surface area contributed by atoms with E-state index < -0.39 is 23.0 Å². The Morgan fingerprint density at radius 3 is 1.31 bits per heavy atom. The Kier molecular flexibility index (Phi) is 16.6. The lowest BCUT2D eigenvalue weighted by Gasteiger charge is -2.21. The molecule has 3 N–H and O–H groups in total. The SMILES string of the molecule is CCCCCCCOc1c(O)c(O)c(C(=O)O)c(OCCCCCCC)c1OCCCCCCC. The van der Waals surface area contributed by atoms with Gasteiger partial charge in [-0.1, -0.05) is 97.8 Å². The third-order valence-corrected chi connectivity index (χ3v) is 6.01. The van der Waals surface area contributed by atoms with E-state index in [2.05, 4.69) is 20.8 Å². The van der Waals surface area contributed by atoms with E-state index in [9.17, 15) is 20.1 Å². The lowest BCUT2D eigenvalue weighted by molar-refractivity contribution is 0.0686. The minimum atomic E-state index is -1.39. The molecule has 0 radical (unpaired) electrons.